The summed E-state index contributed by atoms with van der Waals surface area (Å²) in [6.07, 6.45) is 5.30. The molecular weight excluding hydrogens is 342 g/mol. The summed E-state index contributed by atoms with van der Waals surface area (Å²) in [6.45, 7) is 0. The number of aryl methyl sites for hydroxylation is 1. The van der Waals surface area contributed by atoms with Gasteiger partial charge in [-0.3, -0.25) is 9.36 Å². The van der Waals surface area contributed by atoms with Crippen LogP contribution in [0.5, 0.6) is 0 Å². The monoisotopic (exact) mass is 365 g/mol. The maximum atomic E-state index is 12.7. The zero-order valence-electron chi connectivity index (χ0n) is 14.2. The number of carbonyl (C=O) groups excluding carboxylic acids is 1. The van der Waals surface area contributed by atoms with E-state index >= 15 is 0 Å². The lowest BCUT2D eigenvalue weighted by Crippen LogP contribution is -2.48. The van der Waals surface area contributed by atoms with Crippen LogP contribution in [0.25, 0.3) is 11.1 Å². The van der Waals surface area contributed by atoms with Crippen molar-refractivity contribution in [3.63, 3.8) is 0 Å². The fourth-order valence-corrected chi connectivity index (χ4v) is 4.45. The van der Waals surface area contributed by atoms with Crippen molar-refractivity contribution < 1.29 is 9.21 Å². The minimum atomic E-state index is -0.400. The van der Waals surface area contributed by atoms with Crippen LogP contribution in [0.15, 0.2) is 27.4 Å². The Bertz CT molecular complexity index is 830. The highest BCUT2D eigenvalue weighted by Gasteiger charge is 2.40. The van der Waals surface area contributed by atoms with E-state index in [1.165, 1.54) is 11.0 Å². The summed E-state index contributed by atoms with van der Waals surface area (Å²) in [5.74, 6) is 0.647. The first-order valence-corrected chi connectivity index (χ1v) is 8.69. The Hall–Kier alpha value is -1.79. The van der Waals surface area contributed by atoms with E-state index in [0.717, 1.165) is 25.7 Å². The van der Waals surface area contributed by atoms with Crippen LogP contribution in [-0.4, -0.2) is 16.5 Å². The molecule has 1 aromatic carbocycles. The normalized spacial score (nSPS) is 28.4. The fourth-order valence-electron chi connectivity index (χ4n) is 4.45. The van der Waals surface area contributed by atoms with E-state index in [4.69, 9.17) is 10.2 Å². The van der Waals surface area contributed by atoms with Gasteiger partial charge in [-0.05, 0) is 55.7 Å². The van der Waals surface area contributed by atoms with Gasteiger partial charge in [-0.1, -0.05) is 6.42 Å². The molecule has 7 heteroatoms. The van der Waals surface area contributed by atoms with E-state index in [1.807, 2.05) is 0 Å². The van der Waals surface area contributed by atoms with Crippen molar-refractivity contribution >= 4 is 35.1 Å². The molecule has 0 aliphatic heterocycles. The topological polar surface area (TPSA) is 90.3 Å². The molecule has 2 aromatic rings. The van der Waals surface area contributed by atoms with E-state index in [2.05, 4.69) is 5.32 Å². The number of anilines is 1. The first kappa shape index (κ1) is 18.0. The molecule has 6 nitrogen and oxygen atoms in total. The van der Waals surface area contributed by atoms with Gasteiger partial charge in [0.05, 0.1) is 5.52 Å². The number of halogens is 1. The van der Waals surface area contributed by atoms with Gasteiger partial charge in [-0.15, -0.1) is 12.4 Å². The molecule has 0 radical (unpaired) electrons. The van der Waals surface area contributed by atoms with Gasteiger partial charge in [0, 0.05) is 24.7 Å². The Morgan fingerprint density at radius 2 is 1.96 bits per heavy atom. The van der Waals surface area contributed by atoms with Gasteiger partial charge in [0.15, 0.2) is 5.58 Å². The predicted molar refractivity (Wildman–Crippen MR) is 98.9 cm³/mol. The van der Waals surface area contributed by atoms with Crippen LogP contribution in [0.2, 0.25) is 0 Å². The number of amides is 1. The zero-order valence-corrected chi connectivity index (χ0v) is 15.1. The number of aromatic nitrogens is 1. The number of fused-ring (bicyclic) bond motifs is 3. The fraction of sp³-hybridized carbons (Fsp3) is 0.556. The minimum Gasteiger partial charge on any atom is -0.408 e. The second kappa shape index (κ2) is 6.84. The molecule has 3 N–H and O–H groups in total. The summed E-state index contributed by atoms with van der Waals surface area (Å²) in [7, 11) is 1.66. The van der Waals surface area contributed by atoms with Gasteiger partial charge in [0.25, 0.3) is 0 Å². The predicted octanol–water partition coefficient (Wildman–Crippen LogP) is 2.65. The number of rotatable bonds is 2. The maximum Gasteiger partial charge on any atom is 0.419 e. The molecular formula is C18H24ClN3O3. The lowest BCUT2D eigenvalue weighted by molar-refractivity contribution is -0.122. The van der Waals surface area contributed by atoms with Crippen molar-refractivity contribution in [3.8, 4) is 0 Å². The number of nitrogens with two attached hydrogens (primary N) is 1. The average Bonchev–Trinajstić information content (AvgIpc) is 2.82. The van der Waals surface area contributed by atoms with Crippen LogP contribution < -0.4 is 16.8 Å². The van der Waals surface area contributed by atoms with Gasteiger partial charge in [-0.25, -0.2) is 4.79 Å². The van der Waals surface area contributed by atoms with Gasteiger partial charge < -0.3 is 15.5 Å². The largest absolute Gasteiger partial charge is 0.419 e. The quantitative estimate of drug-likeness (QED) is 0.856. The van der Waals surface area contributed by atoms with E-state index in [-0.39, 0.29) is 30.3 Å². The summed E-state index contributed by atoms with van der Waals surface area (Å²) in [6, 6.07) is 5.55. The molecule has 0 saturated heterocycles. The number of nitrogens with one attached hydrogen (secondary N) is 1. The number of carbonyl (C=O) groups is 1. The second-order valence-electron chi connectivity index (χ2n) is 7.30. The third-order valence-electron chi connectivity index (χ3n) is 5.84. The molecule has 136 valence electrons. The molecule has 25 heavy (non-hydrogen) atoms. The molecule has 1 heterocycles. The van der Waals surface area contributed by atoms with Crippen molar-refractivity contribution in [2.75, 3.05) is 5.32 Å². The van der Waals surface area contributed by atoms with Crippen LogP contribution in [0.4, 0.5) is 5.69 Å². The third-order valence-corrected chi connectivity index (χ3v) is 5.84. The molecule has 1 aromatic heterocycles. The van der Waals surface area contributed by atoms with Crippen LogP contribution in [-0.2, 0) is 11.8 Å². The van der Waals surface area contributed by atoms with Crippen molar-refractivity contribution in [3.05, 3.63) is 28.7 Å². The van der Waals surface area contributed by atoms with Gasteiger partial charge in [-0.2, -0.15) is 0 Å². The highest BCUT2D eigenvalue weighted by Crippen LogP contribution is 2.42. The molecule has 2 aliphatic rings. The number of oxazole rings is 1. The highest BCUT2D eigenvalue weighted by atomic mass is 35.5. The van der Waals surface area contributed by atoms with Crippen molar-refractivity contribution in [1.29, 1.82) is 0 Å². The van der Waals surface area contributed by atoms with Crippen LogP contribution in [0.1, 0.15) is 32.1 Å². The lowest BCUT2D eigenvalue weighted by atomic mass is 9.65. The summed E-state index contributed by atoms with van der Waals surface area (Å²) < 4.78 is 6.56. The van der Waals surface area contributed by atoms with E-state index < -0.39 is 5.76 Å². The van der Waals surface area contributed by atoms with Crippen molar-refractivity contribution in [2.45, 2.75) is 38.1 Å². The Balaban J connectivity index is 0.00000182. The first-order valence-electron chi connectivity index (χ1n) is 8.69. The second-order valence-corrected chi connectivity index (χ2v) is 7.30. The first-order chi connectivity index (χ1) is 11.5. The van der Waals surface area contributed by atoms with Crippen LogP contribution >= 0.6 is 12.4 Å². The SMILES string of the molecule is Cl.Cn1c(=O)oc2ccc(NC(=O)C3CC4CCCC(C3)C4N)cc21. The molecule has 2 bridgehead atoms. The Kier molecular flexibility index (Phi) is 4.93. The number of nitrogens with zero attached hydrogens (tertiary/aromatic N) is 1. The lowest BCUT2D eigenvalue weighted by Gasteiger charge is -2.43. The Morgan fingerprint density at radius 3 is 2.64 bits per heavy atom. The summed E-state index contributed by atoms with van der Waals surface area (Å²) >= 11 is 0. The van der Waals surface area contributed by atoms with Gasteiger partial charge in [0.2, 0.25) is 5.91 Å². The van der Waals surface area contributed by atoms with E-state index in [0.29, 0.717) is 28.6 Å². The third kappa shape index (κ3) is 3.20. The molecule has 2 aliphatic carbocycles. The van der Waals surface area contributed by atoms with Gasteiger partial charge in [0.1, 0.15) is 0 Å². The standard InChI is InChI=1S/C18H23N3O3.ClH/c1-21-14-9-13(5-6-15(14)24-18(21)23)20-17(22)12-7-10-3-2-4-11(8-12)16(10)19;/h5-6,9-12,16H,2-4,7-8,19H2,1H3,(H,20,22);1H. The molecule has 2 atom stereocenters. The molecule has 2 unspecified atom stereocenters. The molecule has 4 rings (SSSR count). The van der Waals surface area contributed by atoms with E-state index in [1.54, 1.807) is 25.2 Å². The van der Waals surface area contributed by atoms with Gasteiger partial charge >= 0.3 is 5.76 Å². The Morgan fingerprint density at radius 1 is 1.28 bits per heavy atom. The van der Waals surface area contributed by atoms with Crippen LogP contribution in [0, 0.1) is 17.8 Å². The van der Waals surface area contributed by atoms with Crippen molar-refractivity contribution in [1.82, 2.24) is 4.57 Å². The average molecular weight is 366 g/mol. The highest BCUT2D eigenvalue weighted by molar-refractivity contribution is 5.94. The Labute approximate surface area is 152 Å². The van der Waals surface area contributed by atoms with E-state index in [9.17, 15) is 9.59 Å². The molecule has 1 amide bonds. The van der Waals surface area contributed by atoms with Crippen LogP contribution in [0.3, 0.4) is 0 Å². The molecule has 0 spiro atoms. The zero-order chi connectivity index (χ0) is 16.8. The summed E-state index contributed by atoms with van der Waals surface area (Å²) in [5.41, 5.74) is 8.21. The number of benzene rings is 1. The summed E-state index contributed by atoms with van der Waals surface area (Å²) in [4.78, 5) is 24.2. The number of hydrogen-bond acceptors (Lipinski definition) is 4. The number of hydrogen-bond donors (Lipinski definition) is 2. The summed E-state index contributed by atoms with van der Waals surface area (Å²) in [5, 5.41) is 3.01. The minimum absolute atomic E-state index is 0. The maximum absolute atomic E-state index is 12.7. The van der Waals surface area contributed by atoms with Crippen molar-refractivity contribution in [2.24, 2.45) is 30.5 Å². The molecule has 2 fully saturated rings. The molecule has 2 saturated carbocycles. The smallest absolute Gasteiger partial charge is 0.408 e.